The van der Waals surface area contributed by atoms with Gasteiger partial charge in [0.15, 0.2) is 0 Å². The fourth-order valence-corrected chi connectivity index (χ4v) is 3.48. The van der Waals surface area contributed by atoms with Gasteiger partial charge in [-0.05, 0) is 45.4 Å². The van der Waals surface area contributed by atoms with Gasteiger partial charge in [-0.3, -0.25) is 4.98 Å². The maximum absolute atomic E-state index is 11.8. The molecular formula is C14H23ClN4O2S. The Morgan fingerprint density at radius 3 is 2.55 bits per heavy atom. The third-order valence-electron chi connectivity index (χ3n) is 4.00. The molecule has 1 aliphatic carbocycles. The van der Waals surface area contributed by atoms with Gasteiger partial charge in [0, 0.05) is 12.6 Å². The number of aromatic nitrogens is 2. The predicted octanol–water partition coefficient (Wildman–Crippen LogP) is 2.43. The fourth-order valence-electron chi connectivity index (χ4n) is 2.53. The Kier molecular flexibility index (Phi) is 6.00. The van der Waals surface area contributed by atoms with Gasteiger partial charge in [-0.2, -0.15) is 0 Å². The Hall–Kier alpha value is -0.920. The van der Waals surface area contributed by atoms with Gasteiger partial charge in [0.1, 0.15) is 11.0 Å². The highest BCUT2D eigenvalue weighted by atomic mass is 35.5. The number of nitrogens with zero attached hydrogens (tertiary/aromatic N) is 2. The topological polar surface area (TPSA) is 84.0 Å². The second-order valence-corrected chi connectivity index (χ2v) is 8.74. The minimum absolute atomic E-state index is 0.339. The van der Waals surface area contributed by atoms with E-state index >= 15 is 0 Å². The van der Waals surface area contributed by atoms with Crippen molar-refractivity contribution in [2.75, 3.05) is 11.9 Å². The van der Waals surface area contributed by atoms with Crippen LogP contribution < -0.4 is 10.0 Å². The van der Waals surface area contributed by atoms with Crippen LogP contribution in [0.25, 0.3) is 0 Å². The van der Waals surface area contributed by atoms with Crippen LogP contribution in [0.5, 0.6) is 0 Å². The highest BCUT2D eigenvalue weighted by Gasteiger charge is 2.23. The first kappa shape index (κ1) is 17.4. The van der Waals surface area contributed by atoms with Crippen LogP contribution in [0.4, 0.5) is 5.82 Å². The van der Waals surface area contributed by atoms with Crippen molar-refractivity contribution >= 4 is 27.4 Å². The van der Waals surface area contributed by atoms with Crippen molar-refractivity contribution in [2.45, 2.75) is 50.8 Å². The quantitative estimate of drug-likeness (QED) is 0.826. The molecule has 2 N–H and O–H groups in total. The first-order valence-corrected chi connectivity index (χ1v) is 9.52. The summed E-state index contributed by atoms with van der Waals surface area (Å²) in [5.41, 5.74) is 0. The molecule has 0 atom stereocenters. The van der Waals surface area contributed by atoms with E-state index in [-0.39, 0.29) is 5.25 Å². The van der Waals surface area contributed by atoms with Crippen LogP contribution in [0.15, 0.2) is 12.4 Å². The van der Waals surface area contributed by atoms with E-state index in [0.717, 1.165) is 25.7 Å². The van der Waals surface area contributed by atoms with E-state index in [0.29, 0.717) is 29.5 Å². The lowest BCUT2D eigenvalue weighted by atomic mass is 9.86. The van der Waals surface area contributed by atoms with Crippen molar-refractivity contribution in [1.82, 2.24) is 14.7 Å². The Balaban J connectivity index is 1.76. The largest absolute Gasteiger partial charge is 0.366 e. The molecule has 1 saturated carbocycles. The zero-order valence-corrected chi connectivity index (χ0v) is 14.5. The number of anilines is 1. The van der Waals surface area contributed by atoms with Crippen molar-refractivity contribution in [3.63, 3.8) is 0 Å². The summed E-state index contributed by atoms with van der Waals surface area (Å²) in [6, 6.07) is 0.339. The molecule has 0 aromatic carbocycles. The number of rotatable bonds is 6. The zero-order valence-electron chi connectivity index (χ0n) is 12.9. The summed E-state index contributed by atoms with van der Waals surface area (Å²) >= 11 is 5.82. The molecule has 0 spiro atoms. The van der Waals surface area contributed by atoms with Gasteiger partial charge in [-0.1, -0.05) is 11.6 Å². The molecule has 0 aliphatic heterocycles. The van der Waals surface area contributed by atoms with Crippen LogP contribution in [0.2, 0.25) is 5.15 Å². The SMILES string of the molecule is CC(C)S(=O)(=O)NC[C@H]1CC[C@H](Nc2cncc(Cl)n2)CC1. The summed E-state index contributed by atoms with van der Waals surface area (Å²) in [5.74, 6) is 1.09. The van der Waals surface area contributed by atoms with Crippen LogP contribution in [0.1, 0.15) is 39.5 Å². The molecular weight excluding hydrogens is 324 g/mol. The summed E-state index contributed by atoms with van der Waals surface area (Å²) in [4.78, 5) is 8.18. The molecule has 8 heteroatoms. The molecule has 0 bridgehead atoms. The van der Waals surface area contributed by atoms with E-state index in [4.69, 9.17) is 11.6 Å². The van der Waals surface area contributed by atoms with Crippen molar-refractivity contribution in [3.05, 3.63) is 17.5 Å². The number of hydrogen-bond donors (Lipinski definition) is 2. The lowest BCUT2D eigenvalue weighted by Gasteiger charge is -2.29. The lowest BCUT2D eigenvalue weighted by Crippen LogP contribution is -2.37. The highest BCUT2D eigenvalue weighted by Crippen LogP contribution is 2.26. The Bertz CT molecular complexity index is 586. The zero-order chi connectivity index (χ0) is 16.2. The Labute approximate surface area is 137 Å². The smallest absolute Gasteiger partial charge is 0.213 e. The molecule has 0 unspecified atom stereocenters. The molecule has 2 rings (SSSR count). The average molecular weight is 347 g/mol. The number of halogens is 1. The van der Waals surface area contributed by atoms with E-state index in [2.05, 4.69) is 20.0 Å². The maximum atomic E-state index is 11.8. The van der Waals surface area contributed by atoms with Crippen LogP contribution in [0, 0.1) is 5.92 Å². The van der Waals surface area contributed by atoms with Gasteiger partial charge in [0.05, 0.1) is 17.6 Å². The van der Waals surface area contributed by atoms with Gasteiger partial charge < -0.3 is 5.32 Å². The van der Waals surface area contributed by atoms with Gasteiger partial charge >= 0.3 is 0 Å². The first-order chi connectivity index (χ1) is 10.4. The van der Waals surface area contributed by atoms with Crippen LogP contribution in [0.3, 0.4) is 0 Å². The average Bonchev–Trinajstić information content (AvgIpc) is 2.46. The van der Waals surface area contributed by atoms with Crippen LogP contribution >= 0.6 is 11.6 Å². The van der Waals surface area contributed by atoms with Gasteiger partial charge in [-0.15, -0.1) is 0 Å². The molecule has 124 valence electrons. The van der Waals surface area contributed by atoms with Crippen molar-refractivity contribution in [1.29, 1.82) is 0 Å². The maximum Gasteiger partial charge on any atom is 0.213 e. The van der Waals surface area contributed by atoms with Gasteiger partial charge in [0.2, 0.25) is 10.0 Å². The highest BCUT2D eigenvalue weighted by molar-refractivity contribution is 7.90. The molecule has 1 aromatic rings. The summed E-state index contributed by atoms with van der Waals surface area (Å²) in [5, 5.41) is 3.33. The normalized spacial score (nSPS) is 22.7. The molecule has 0 radical (unpaired) electrons. The molecule has 0 amide bonds. The first-order valence-electron chi connectivity index (χ1n) is 7.59. The predicted molar refractivity (Wildman–Crippen MR) is 88.5 cm³/mol. The van der Waals surface area contributed by atoms with E-state index in [1.54, 1.807) is 20.0 Å². The monoisotopic (exact) mass is 346 g/mol. The van der Waals surface area contributed by atoms with E-state index in [1.165, 1.54) is 6.20 Å². The third kappa shape index (κ3) is 5.07. The Morgan fingerprint density at radius 2 is 1.95 bits per heavy atom. The molecule has 1 heterocycles. The molecule has 22 heavy (non-hydrogen) atoms. The number of hydrogen-bond acceptors (Lipinski definition) is 5. The lowest BCUT2D eigenvalue weighted by molar-refractivity contribution is 0.336. The number of nitrogens with one attached hydrogen (secondary N) is 2. The molecule has 0 saturated heterocycles. The van der Waals surface area contributed by atoms with Crippen molar-refractivity contribution in [3.8, 4) is 0 Å². The molecule has 6 nitrogen and oxygen atoms in total. The molecule has 1 fully saturated rings. The second-order valence-electron chi connectivity index (χ2n) is 6.03. The van der Waals surface area contributed by atoms with Gasteiger partial charge in [-0.25, -0.2) is 18.1 Å². The van der Waals surface area contributed by atoms with Crippen LogP contribution in [-0.2, 0) is 10.0 Å². The molecule has 1 aliphatic rings. The third-order valence-corrected chi connectivity index (χ3v) is 5.99. The Morgan fingerprint density at radius 1 is 1.27 bits per heavy atom. The van der Waals surface area contributed by atoms with E-state index in [9.17, 15) is 8.42 Å². The minimum atomic E-state index is -3.16. The van der Waals surface area contributed by atoms with E-state index < -0.39 is 10.0 Å². The van der Waals surface area contributed by atoms with Crippen LogP contribution in [-0.4, -0.2) is 36.2 Å². The summed E-state index contributed by atoms with van der Waals surface area (Å²) < 4.78 is 26.2. The van der Waals surface area contributed by atoms with Crippen molar-refractivity contribution in [2.24, 2.45) is 5.92 Å². The minimum Gasteiger partial charge on any atom is -0.366 e. The van der Waals surface area contributed by atoms with E-state index in [1.807, 2.05) is 0 Å². The summed E-state index contributed by atoms with van der Waals surface area (Å²) in [7, 11) is -3.16. The standard InChI is InChI=1S/C14H23ClN4O2S/c1-10(2)22(20,21)17-7-11-3-5-12(6-4-11)18-14-9-16-8-13(15)19-14/h8-12,17H,3-7H2,1-2H3,(H,18,19)/t11-,12-. The van der Waals surface area contributed by atoms with Crippen molar-refractivity contribution < 1.29 is 8.42 Å². The fraction of sp³-hybridized carbons (Fsp3) is 0.714. The number of sulfonamides is 1. The summed E-state index contributed by atoms with van der Waals surface area (Å²) in [6.07, 6.45) is 7.13. The van der Waals surface area contributed by atoms with Gasteiger partial charge in [0.25, 0.3) is 0 Å². The second kappa shape index (κ2) is 7.57. The molecule has 1 aromatic heterocycles. The summed E-state index contributed by atoms with van der Waals surface area (Å²) in [6.45, 7) is 3.91.